The Hall–Kier alpha value is -2.70. The van der Waals surface area contributed by atoms with Gasteiger partial charge >= 0.3 is 11.9 Å². The third-order valence-electron chi connectivity index (χ3n) is 2.60. The summed E-state index contributed by atoms with van der Waals surface area (Å²) in [6.07, 6.45) is 0. The average Bonchev–Trinajstić information content (AvgIpc) is 2.48. The summed E-state index contributed by atoms with van der Waals surface area (Å²) in [5, 5.41) is 17.6. The molecule has 0 saturated heterocycles. The summed E-state index contributed by atoms with van der Waals surface area (Å²) in [5.41, 5.74) is 11.4. The van der Waals surface area contributed by atoms with Crippen molar-refractivity contribution in [1.82, 2.24) is 0 Å². The van der Waals surface area contributed by atoms with Crippen molar-refractivity contribution in [2.24, 2.45) is 11.5 Å². The van der Waals surface area contributed by atoms with Crippen molar-refractivity contribution in [3.63, 3.8) is 0 Å². The van der Waals surface area contributed by atoms with Gasteiger partial charge in [-0.1, -0.05) is 24.3 Å². The molecule has 0 radical (unpaired) electrons. The van der Waals surface area contributed by atoms with E-state index < -0.39 is 11.9 Å². The van der Waals surface area contributed by atoms with Crippen LogP contribution in [0.3, 0.4) is 0 Å². The largest absolute Gasteiger partial charge is 0.478 e. The van der Waals surface area contributed by atoms with E-state index in [0.29, 0.717) is 0 Å². The molecular weight excluding hydrogens is 272 g/mol. The van der Waals surface area contributed by atoms with Gasteiger partial charge in [0, 0.05) is 6.67 Å². The number of carboxylic acid groups (broad SMARTS) is 2. The molecule has 0 bridgehead atoms. The first-order valence-electron chi connectivity index (χ1n) is 6.06. The van der Waals surface area contributed by atoms with Crippen molar-refractivity contribution in [2.75, 3.05) is 6.67 Å². The molecule has 6 N–H and O–H groups in total. The van der Waals surface area contributed by atoms with Crippen LogP contribution in [0.1, 0.15) is 20.7 Å². The van der Waals surface area contributed by atoms with Gasteiger partial charge in [0.25, 0.3) is 0 Å². The van der Waals surface area contributed by atoms with Crippen LogP contribution in [0.2, 0.25) is 0 Å². The van der Waals surface area contributed by atoms with E-state index in [1.807, 2.05) is 0 Å². The number of benzene rings is 2. The van der Waals surface area contributed by atoms with Crippen molar-refractivity contribution in [1.29, 1.82) is 0 Å². The van der Waals surface area contributed by atoms with Crippen LogP contribution in [0.5, 0.6) is 0 Å². The molecule has 0 aliphatic rings. The first-order valence-corrected chi connectivity index (χ1v) is 6.06. The molecule has 0 amide bonds. The zero-order valence-corrected chi connectivity index (χ0v) is 11.2. The van der Waals surface area contributed by atoms with Gasteiger partial charge in [-0.25, -0.2) is 9.59 Å². The number of carboxylic acids is 2. The van der Waals surface area contributed by atoms with Crippen molar-refractivity contribution in [3.8, 4) is 11.1 Å². The summed E-state index contributed by atoms with van der Waals surface area (Å²) in [7, 11) is 0. The van der Waals surface area contributed by atoms with Gasteiger partial charge in [-0.2, -0.15) is 0 Å². The second kappa shape index (κ2) is 7.78. The second-order valence-corrected chi connectivity index (χ2v) is 4.00. The zero-order chi connectivity index (χ0) is 15.8. The standard InChI is InChI=1S/C14H10O4.CH6N2/c15-13(16)11-5-1-9(2-6-11)10-3-7-12(8-4-10)14(17)18;2-1-3/h1-8H,(H,15,16)(H,17,18);1-3H2. The fourth-order valence-electron chi connectivity index (χ4n) is 1.61. The Morgan fingerprint density at radius 1 is 0.714 bits per heavy atom. The van der Waals surface area contributed by atoms with Crippen molar-refractivity contribution >= 4 is 11.9 Å². The molecule has 0 aliphatic carbocycles. The van der Waals surface area contributed by atoms with Gasteiger partial charge in [0.15, 0.2) is 0 Å². The molecule has 2 aromatic carbocycles. The van der Waals surface area contributed by atoms with E-state index in [2.05, 4.69) is 11.5 Å². The maximum absolute atomic E-state index is 10.7. The van der Waals surface area contributed by atoms with Crippen LogP contribution < -0.4 is 11.5 Å². The summed E-state index contributed by atoms with van der Waals surface area (Å²) in [6, 6.07) is 12.8. The molecule has 6 heteroatoms. The lowest BCUT2D eigenvalue weighted by Crippen LogP contribution is -2.08. The highest BCUT2D eigenvalue weighted by molar-refractivity contribution is 5.89. The summed E-state index contributed by atoms with van der Waals surface area (Å²) in [5.74, 6) is -1.94. The van der Waals surface area contributed by atoms with Crippen LogP contribution in [-0.4, -0.2) is 28.8 Å². The Morgan fingerprint density at radius 2 is 0.952 bits per heavy atom. The maximum Gasteiger partial charge on any atom is 0.335 e. The predicted molar refractivity (Wildman–Crippen MR) is 79.0 cm³/mol. The van der Waals surface area contributed by atoms with Gasteiger partial charge < -0.3 is 21.7 Å². The van der Waals surface area contributed by atoms with Gasteiger partial charge in [-0.15, -0.1) is 0 Å². The van der Waals surface area contributed by atoms with Crippen LogP contribution in [0.25, 0.3) is 11.1 Å². The quantitative estimate of drug-likeness (QED) is 0.635. The Kier molecular flexibility index (Phi) is 6.06. The average molecular weight is 288 g/mol. The first-order chi connectivity index (χ1) is 9.99. The Labute approximate surface area is 121 Å². The molecule has 0 fully saturated rings. The number of hydrogen-bond acceptors (Lipinski definition) is 4. The minimum Gasteiger partial charge on any atom is -0.478 e. The molecule has 0 saturated carbocycles. The maximum atomic E-state index is 10.7. The molecule has 0 unspecified atom stereocenters. The zero-order valence-electron chi connectivity index (χ0n) is 11.2. The van der Waals surface area contributed by atoms with Crippen LogP contribution in [0.4, 0.5) is 0 Å². The van der Waals surface area contributed by atoms with E-state index in [1.54, 1.807) is 24.3 Å². The van der Waals surface area contributed by atoms with Crippen LogP contribution in [0.15, 0.2) is 48.5 Å². The lowest BCUT2D eigenvalue weighted by molar-refractivity contribution is 0.0686. The Balaban J connectivity index is 0.000000677. The molecule has 2 rings (SSSR count). The van der Waals surface area contributed by atoms with Crippen LogP contribution >= 0.6 is 0 Å². The normalized spacial score (nSPS) is 9.43. The second-order valence-electron chi connectivity index (χ2n) is 4.00. The van der Waals surface area contributed by atoms with Crippen molar-refractivity contribution in [3.05, 3.63) is 59.7 Å². The first kappa shape index (κ1) is 16.4. The van der Waals surface area contributed by atoms with Crippen molar-refractivity contribution in [2.45, 2.75) is 0 Å². The summed E-state index contributed by atoms with van der Waals surface area (Å²) < 4.78 is 0. The highest BCUT2D eigenvalue weighted by atomic mass is 16.4. The fourth-order valence-corrected chi connectivity index (χ4v) is 1.61. The number of aromatic carboxylic acids is 2. The Bertz CT molecular complexity index is 551. The molecule has 110 valence electrons. The molecule has 21 heavy (non-hydrogen) atoms. The fraction of sp³-hybridized carbons (Fsp3) is 0.0667. The molecule has 0 aliphatic heterocycles. The molecule has 0 heterocycles. The van der Waals surface area contributed by atoms with E-state index in [0.717, 1.165) is 11.1 Å². The van der Waals surface area contributed by atoms with E-state index in [-0.39, 0.29) is 17.8 Å². The number of carbonyl (C=O) groups is 2. The van der Waals surface area contributed by atoms with E-state index >= 15 is 0 Å². The van der Waals surface area contributed by atoms with Crippen molar-refractivity contribution < 1.29 is 19.8 Å². The van der Waals surface area contributed by atoms with Gasteiger partial charge in [-0.05, 0) is 35.4 Å². The summed E-state index contributed by atoms with van der Waals surface area (Å²) in [6.45, 7) is 0.250. The predicted octanol–water partition coefficient (Wildman–Crippen LogP) is 1.61. The third kappa shape index (κ3) is 4.72. The topological polar surface area (TPSA) is 127 Å². The van der Waals surface area contributed by atoms with Gasteiger partial charge in [0.2, 0.25) is 0 Å². The molecule has 0 aromatic heterocycles. The molecule has 6 nitrogen and oxygen atoms in total. The van der Waals surface area contributed by atoms with Crippen LogP contribution in [-0.2, 0) is 0 Å². The highest BCUT2D eigenvalue weighted by Gasteiger charge is 2.05. The van der Waals surface area contributed by atoms with Gasteiger partial charge in [0.1, 0.15) is 0 Å². The SMILES string of the molecule is NCN.O=C(O)c1ccc(-c2ccc(C(=O)O)cc2)cc1. The van der Waals surface area contributed by atoms with Crippen LogP contribution in [0, 0.1) is 0 Å². The number of nitrogens with two attached hydrogens (primary N) is 2. The van der Waals surface area contributed by atoms with E-state index in [4.69, 9.17) is 10.2 Å². The van der Waals surface area contributed by atoms with E-state index in [1.165, 1.54) is 24.3 Å². The smallest absolute Gasteiger partial charge is 0.335 e. The molecule has 0 spiro atoms. The number of hydrogen-bond donors (Lipinski definition) is 4. The Morgan fingerprint density at radius 3 is 1.14 bits per heavy atom. The van der Waals surface area contributed by atoms with Gasteiger partial charge in [0.05, 0.1) is 11.1 Å². The number of rotatable bonds is 3. The molecular formula is C15H16N2O4. The van der Waals surface area contributed by atoms with E-state index in [9.17, 15) is 9.59 Å². The summed E-state index contributed by atoms with van der Waals surface area (Å²) >= 11 is 0. The molecule has 0 atom stereocenters. The minimum atomic E-state index is -0.970. The summed E-state index contributed by atoms with van der Waals surface area (Å²) in [4.78, 5) is 21.4. The highest BCUT2D eigenvalue weighted by Crippen LogP contribution is 2.20. The molecule has 2 aromatic rings. The lowest BCUT2D eigenvalue weighted by atomic mass is 10.0. The monoisotopic (exact) mass is 288 g/mol. The minimum absolute atomic E-state index is 0.223. The third-order valence-corrected chi connectivity index (χ3v) is 2.60. The lowest BCUT2D eigenvalue weighted by Gasteiger charge is -2.03. The van der Waals surface area contributed by atoms with Gasteiger partial charge in [-0.3, -0.25) is 0 Å².